The molecule has 0 saturated heterocycles. The Morgan fingerprint density at radius 2 is 1.68 bits per heavy atom. The van der Waals surface area contributed by atoms with Gasteiger partial charge >= 0.3 is 11.9 Å². The molecule has 0 saturated carbocycles. The Balaban J connectivity index is 2.61. The lowest BCUT2D eigenvalue weighted by atomic mass is 9.97. The van der Waals surface area contributed by atoms with Crippen molar-refractivity contribution in [3.05, 3.63) is 74.8 Å². The molecule has 146 valence electrons. The van der Waals surface area contributed by atoms with Crippen LogP contribution in [-0.2, 0) is 14.3 Å². The van der Waals surface area contributed by atoms with E-state index < -0.39 is 22.5 Å². The van der Waals surface area contributed by atoms with Gasteiger partial charge in [0.15, 0.2) is 0 Å². The molecule has 2 aromatic carbocycles. The van der Waals surface area contributed by atoms with Crippen molar-refractivity contribution < 1.29 is 24.0 Å². The lowest BCUT2D eigenvalue weighted by molar-refractivity contribution is -0.385. The van der Waals surface area contributed by atoms with Gasteiger partial charge in [0.25, 0.3) is 5.69 Å². The minimum absolute atomic E-state index is 0.0166. The van der Waals surface area contributed by atoms with E-state index in [2.05, 4.69) is 18.6 Å². The van der Waals surface area contributed by atoms with Gasteiger partial charge < -0.3 is 9.47 Å². The number of carbonyl (C=O) groups is 2. The second-order valence-electron chi connectivity index (χ2n) is 6.35. The first-order chi connectivity index (χ1) is 13.3. The average molecular weight is 383 g/mol. The number of methoxy groups -OCH3 is 2. The van der Waals surface area contributed by atoms with Crippen molar-refractivity contribution in [2.45, 2.75) is 19.8 Å². The van der Waals surface area contributed by atoms with E-state index >= 15 is 0 Å². The number of hydrogen-bond donors (Lipinski definition) is 0. The molecule has 0 radical (unpaired) electrons. The molecule has 0 spiro atoms. The van der Waals surface area contributed by atoms with E-state index in [1.165, 1.54) is 32.4 Å². The molecule has 0 aliphatic heterocycles. The Labute approximate surface area is 162 Å². The maximum atomic E-state index is 12.3. The van der Waals surface area contributed by atoms with Crippen LogP contribution in [0.4, 0.5) is 5.69 Å². The monoisotopic (exact) mass is 383 g/mol. The Bertz CT molecular complexity index is 928. The fourth-order valence-corrected chi connectivity index (χ4v) is 2.66. The lowest BCUT2D eigenvalue weighted by Crippen LogP contribution is -2.08. The van der Waals surface area contributed by atoms with Crippen molar-refractivity contribution in [1.82, 2.24) is 0 Å². The van der Waals surface area contributed by atoms with Crippen molar-refractivity contribution in [2.24, 2.45) is 0 Å². The number of carbonyl (C=O) groups excluding carboxylic acids is 2. The van der Waals surface area contributed by atoms with E-state index in [1.54, 1.807) is 0 Å². The Hall–Kier alpha value is -3.48. The smallest absolute Gasteiger partial charge is 0.338 e. The van der Waals surface area contributed by atoms with Gasteiger partial charge in [-0.15, -0.1) is 0 Å². The van der Waals surface area contributed by atoms with Gasteiger partial charge in [0.05, 0.1) is 35.8 Å². The summed E-state index contributed by atoms with van der Waals surface area (Å²) in [5.74, 6) is -1.07. The van der Waals surface area contributed by atoms with Gasteiger partial charge in [0, 0.05) is 6.07 Å². The topological polar surface area (TPSA) is 95.7 Å². The third-order valence-corrected chi connectivity index (χ3v) is 4.23. The molecule has 7 heteroatoms. The number of ether oxygens (including phenoxy) is 2. The molecule has 0 amide bonds. The fraction of sp³-hybridized carbons (Fsp3) is 0.238. The summed E-state index contributed by atoms with van der Waals surface area (Å²) in [6.07, 6.45) is 1.52. The van der Waals surface area contributed by atoms with Gasteiger partial charge in [0.2, 0.25) is 0 Å². The molecule has 0 aliphatic carbocycles. The molecule has 7 nitrogen and oxygen atoms in total. The minimum Gasteiger partial charge on any atom is -0.465 e. The standard InChI is InChI=1S/C21H21NO6/c1-13(2)15-7-5-14(6-8-15)11-18(21(24)28-4)17-10-9-16(20(23)27-3)12-19(17)22(25)26/h5-13H,1-4H3/b18-11+. The van der Waals surface area contributed by atoms with Crippen LogP contribution in [0.3, 0.4) is 0 Å². The van der Waals surface area contributed by atoms with Gasteiger partial charge in [-0.3, -0.25) is 10.1 Å². The largest absolute Gasteiger partial charge is 0.465 e. The highest BCUT2D eigenvalue weighted by Crippen LogP contribution is 2.30. The van der Waals surface area contributed by atoms with Crippen LogP contribution in [-0.4, -0.2) is 31.1 Å². The SMILES string of the molecule is COC(=O)/C(=C/c1ccc(C(C)C)cc1)c1ccc(C(=O)OC)cc1[N+](=O)[O-]. The molecule has 0 heterocycles. The molecule has 28 heavy (non-hydrogen) atoms. The Morgan fingerprint density at radius 3 is 2.18 bits per heavy atom. The maximum absolute atomic E-state index is 12.3. The summed E-state index contributed by atoms with van der Waals surface area (Å²) in [5.41, 5.74) is 1.52. The van der Waals surface area contributed by atoms with E-state index in [9.17, 15) is 19.7 Å². The molecule has 0 aromatic heterocycles. The zero-order valence-electron chi connectivity index (χ0n) is 16.1. The second kappa shape index (κ2) is 8.94. The summed E-state index contributed by atoms with van der Waals surface area (Å²) in [5, 5.41) is 11.5. The van der Waals surface area contributed by atoms with Crippen LogP contribution >= 0.6 is 0 Å². The number of nitro groups is 1. The van der Waals surface area contributed by atoms with E-state index in [0.717, 1.165) is 11.6 Å². The number of benzene rings is 2. The number of nitro benzene ring substituents is 1. The summed E-state index contributed by atoms with van der Waals surface area (Å²) >= 11 is 0. The van der Waals surface area contributed by atoms with Gasteiger partial charge in [0.1, 0.15) is 0 Å². The van der Waals surface area contributed by atoms with E-state index in [1.807, 2.05) is 24.3 Å². The second-order valence-corrected chi connectivity index (χ2v) is 6.35. The van der Waals surface area contributed by atoms with Gasteiger partial charge in [-0.2, -0.15) is 0 Å². The molecule has 0 aliphatic rings. The number of esters is 2. The van der Waals surface area contributed by atoms with Crippen LogP contribution < -0.4 is 0 Å². The molecular weight excluding hydrogens is 362 g/mol. The molecule has 0 bridgehead atoms. The summed E-state index contributed by atoms with van der Waals surface area (Å²) in [6.45, 7) is 4.13. The van der Waals surface area contributed by atoms with Crippen molar-refractivity contribution in [3.63, 3.8) is 0 Å². The Kier molecular flexibility index (Phi) is 6.65. The predicted octanol–water partition coefficient (Wildman–Crippen LogP) is 4.22. The number of hydrogen-bond acceptors (Lipinski definition) is 6. The van der Waals surface area contributed by atoms with Gasteiger partial charge in [-0.1, -0.05) is 38.1 Å². The van der Waals surface area contributed by atoms with Crippen LogP contribution in [0.2, 0.25) is 0 Å². The quantitative estimate of drug-likeness (QED) is 0.244. The number of rotatable bonds is 6. The highest BCUT2D eigenvalue weighted by Gasteiger charge is 2.24. The first-order valence-electron chi connectivity index (χ1n) is 8.55. The van der Waals surface area contributed by atoms with E-state index in [4.69, 9.17) is 4.74 Å². The summed E-state index contributed by atoms with van der Waals surface area (Å²) in [6, 6.07) is 11.3. The zero-order chi connectivity index (χ0) is 20.8. The van der Waals surface area contributed by atoms with Crippen LogP contribution in [0.1, 0.15) is 46.8 Å². The highest BCUT2D eigenvalue weighted by atomic mass is 16.6. The van der Waals surface area contributed by atoms with Crippen LogP contribution in [0.5, 0.6) is 0 Å². The molecule has 2 rings (SSSR count). The normalized spacial score (nSPS) is 11.2. The van der Waals surface area contributed by atoms with E-state index in [0.29, 0.717) is 11.5 Å². The molecule has 0 atom stereocenters. The molecule has 0 unspecified atom stereocenters. The maximum Gasteiger partial charge on any atom is 0.338 e. The predicted molar refractivity (Wildman–Crippen MR) is 105 cm³/mol. The fourth-order valence-electron chi connectivity index (χ4n) is 2.66. The van der Waals surface area contributed by atoms with Crippen molar-refractivity contribution in [1.29, 1.82) is 0 Å². The first kappa shape index (κ1) is 20.8. The van der Waals surface area contributed by atoms with Crippen molar-refractivity contribution >= 4 is 29.3 Å². The van der Waals surface area contributed by atoms with Crippen LogP contribution in [0.15, 0.2) is 42.5 Å². The molecule has 0 N–H and O–H groups in total. The lowest BCUT2D eigenvalue weighted by Gasteiger charge is -2.09. The van der Waals surface area contributed by atoms with Crippen LogP contribution in [0.25, 0.3) is 11.6 Å². The Morgan fingerprint density at radius 1 is 1.04 bits per heavy atom. The van der Waals surface area contributed by atoms with Gasteiger partial charge in [-0.25, -0.2) is 9.59 Å². The molecule has 0 fully saturated rings. The zero-order valence-corrected chi connectivity index (χ0v) is 16.1. The van der Waals surface area contributed by atoms with Crippen molar-refractivity contribution in [3.8, 4) is 0 Å². The molecule has 2 aromatic rings. The summed E-state index contributed by atoms with van der Waals surface area (Å²) in [4.78, 5) is 34.9. The highest BCUT2D eigenvalue weighted by molar-refractivity contribution is 6.22. The van der Waals surface area contributed by atoms with Gasteiger partial charge in [-0.05, 0) is 35.3 Å². The average Bonchev–Trinajstić information content (AvgIpc) is 2.70. The minimum atomic E-state index is -0.721. The first-order valence-corrected chi connectivity index (χ1v) is 8.55. The van der Waals surface area contributed by atoms with E-state index in [-0.39, 0.29) is 16.7 Å². The summed E-state index contributed by atoms with van der Waals surface area (Å²) in [7, 11) is 2.38. The third-order valence-electron chi connectivity index (χ3n) is 4.23. The third kappa shape index (κ3) is 4.62. The van der Waals surface area contributed by atoms with Crippen molar-refractivity contribution in [2.75, 3.05) is 14.2 Å². The van der Waals surface area contributed by atoms with Crippen LogP contribution in [0, 0.1) is 10.1 Å². The molecular formula is C21H21NO6. The summed E-state index contributed by atoms with van der Waals surface area (Å²) < 4.78 is 9.41. The number of nitrogens with zero attached hydrogens (tertiary/aromatic N) is 1.